The molecule has 1 aliphatic heterocycles. The first kappa shape index (κ1) is 21.0. The number of carbonyl (C=O) groups is 1. The third kappa shape index (κ3) is 4.99. The van der Waals surface area contributed by atoms with Crippen molar-refractivity contribution in [3.8, 4) is 17.2 Å². The van der Waals surface area contributed by atoms with Crippen molar-refractivity contribution in [1.82, 2.24) is 16.2 Å². The smallest absolute Gasteiger partial charge is 0.259 e. The van der Waals surface area contributed by atoms with Crippen LogP contribution in [-0.2, 0) is 11.2 Å². The Labute approximate surface area is 171 Å². The second kappa shape index (κ2) is 9.62. The Balaban J connectivity index is 1.63. The molecule has 1 heterocycles. The number of aryl methyl sites for hydroxylation is 1. The lowest BCUT2D eigenvalue weighted by Gasteiger charge is -2.23. The summed E-state index contributed by atoms with van der Waals surface area (Å²) in [4.78, 5) is 12.5. The fourth-order valence-corrected chi connectivity index (χ4v) is 3.54. The van der Waals surface area contributed by atoms with E-state index in [4.69, 9.17) is 14.2 Å². The molecule has 3 unspecified atom stereocenters. The number of amides is 1. The molecule has 0 saturated carbocycles. The minimum atomic E-state index is -0.276. The molecule has 0 bridgehead atoms. The molecule has 3 atom stereocenters. The van der Waals surface area contributed by atoms with Gasteiger partial charge in [-0.3, -0.25) is 10.2 Å². The van der Waals surface area contributed by atoms with Crippen LogP contribution in [0.5, 0.6) is 17.2 Å². The third-order valence-corrected chi connectivity index (χ3v) is 5.17. The standard InChI is InChI=1S/C22H29N3O4/c1-5-15-6-9-17(10-7-15)29-13-20(26)23-22-21(14(2)24-25-22)16-8-11-18(27-3)19(12-16)28-4/h6-12,14,21-22,24-25H,5,13H2,1-4H3,(H,23,26). The molecule has 1 saturated heterocycles. The fourth-order valence-electron chi connectivity index (χ4n) is 3.54. The van der Waals surface area contributed by atoms with E-state index in [2.05, 4.69) is 30.0 Å². The van der Waals surface area contributed by atoms with E-state index >= 15 is 0 Å². The highest BCUT2D eigenvalue weighted by molar-refractivity contribution is 5.78. The van der Waals surface area contributed by atoms with Gasteiger partial charge in [0, 0.05) is 12.0 Å². The Kier molecular flexibility index (Phi) is 6.95. The second-order valence-corrected chi connectivity index (χ2v) is 7.05. The average molecular weight is 399 g/mol. The Hall–Kier alpha value is -2.77. The maximum atomic E-state index is 12.5. The van der Waals surface area contributed by atoms with Crippen molar-refractivity contribution in [2.45, 2.75) is 38.4 Å². The minimum Gasteiger partial charge on any atom is -0.493 e. The molecule has 0 spiro atoms. The molecule has 2 aromatic rings. The van der Waals surface area contributed by atoms with Crippen molar-refractivity contribution < 1.29 is 19.0 Å². The molecule has 1 fully saturated rings. The predicted molar refractivity (Wildman–Crippen MR) is 111 cm³/mol. The first-order valence-electron chi connectivity index (χ1n) is 9.79. The lowest BCUT2D eigenvalue weighted by molar-refractivity contribution is -0.124. The molecule has 2 aromatic carbocycles. The van der Waals surface area contributed by atoms with E-state index in [0.717, 1.165) is 12.0 Å². The quantitative estimate of drug-likeness (QED) is 0.632. The summed E-state index contributed by atoms with van der Waals surface area (Å²) in [6, 6.07) is 13.7. The second-order valence-electron chi connectivity index (χ2n) is 7.05. The van der Waals surface area contributed by atoms with E-state index < -0.39 is 0 Å². The highest BCUT2D eigenvalue weighted by Crippen LogP contribution is 2.34. The molecule has 3 rings (SSSR count). The number of hydrogen-bond acceptors (Lipinski definition) is 6. The van der Waals surface area contributed by atoms with Gasteiger partial charge >= 0.3 is 0 Å². The zero-order valence-electron chi connectivity index (χ0n) is 17.3. The number of rotatable bonds is 8. The van der Waals surface area contributed by atoms with Crippen LogP contribution in [-0.4, -0.2) is 38.9 Å². The van der Waals surface area contributed by atoms with Crippen LogP contribution in [0, 0.1) is 0 Å². The number of hydrazine groups is 1. The zero-order chi connectivity index (χ0) is 20.8. The van der Waals surface area contributed by atoms with Gasteiger partial charge in [0.15, 0.2) is 18.1 Å². The van der Waals surface area contributed by atoms with Crippen molar-refractivity contribution in [2.24, 2.45) is 0 Å². The Morgan fingerprint density at radius 3 is 2.41 bits per heavy atom. The Morgan fingerprint density at radius 2 is 1.76 bits per heavy atom. The summed E-state index contributed by atoms with van der Waals surface area (Å²) in [6.07, 6.45) is 0.693. The highest BCUT2D eigenvalue weighted by Gasteiger charge is 2.35. The molecule has 29 heavy (non-hydrogen) atoms. The summed E-state index contributed by atoms with van der Waals surface area (Å²) in [5, 5.41) is 3.01. The number of carbonyl (C=O) groups excluding carboxylic acids is 1. The highest BCUT2D eigenvalue weighted by atomic mass is 16.5. The summed E-state index contributed by atoms with van der Waals surface area (Å²) in [5.74, 6) is 1.84. The predicted octanol–water partition coefficient (Wildman–Crippen LogP) is 2.37. The van der Waals surface area contributed by atoms with Crippen molar-refractivity contribution in [1.29, 1.82) is 0 Å². The SMILES string of the molecule is CCc1ccc(OCC(=O)NC2NNC(C)C2c2ccc(OC)c(OC)c2)cc1. The van der Waals surface area contributed by atoms with Crippen LogP contribution in [0.3, 0.4) is 0 Å². The zero-order valence-corrected chi connectivity index (χ0v) is 17.3. The number of nitrogens with one attached hydrogen (secondary N) is 3. The molecule has 3 N–H and O–H groups in total. The van der Waals surface area contributed by atoms with E-state index in [1.165, 1.54) is 5.56 Å². The number of hydrogen-bond donors (Lipinski definition) is 3. The van der Waals surface area contributed by atoms with E-state index in [1.807, 2.05) is 42.5 Å². The first-order valence-corrected chi connectivity index (χ1v) is 9.79. The van der Waals surface area contributed by atoms with Gasteiger partial charge in [-0.2, -0.15) is 0 Å². The molecule has 7 nitrogen and oxygen atoms in total. The summed E-state index contributed by atoms with van der Waals surface area (Å²) < 4.78 is 16.4. The minimum absolute atomic E-state index is 0.0163. The van der Waals surface area contributed by atoms with E-state index in [0.29, 0.717) is 17.2 Å². The van der Waals surface area contributed by atoms with E-state index in [9.17, 15) is 4.79 Å². The van der Waals surface area contributed by atoms with Crippen LogP contribution in [0.4, 0.5) is 0 Å². The van der Waals surface area contributed by atoms with Gasteiger partial charge in [0.1, 0.15) is 11.9 Å². The van der Waals surface area contributed by atoms with Gasteiger partial charge in [0.25, 0.3) is 5.91 Å². The lowest BCUT2D eigenvalue weighted by atomic mass is 9.91. The molecule has 156 valence electrons. The van der Waals surface area contributed by atoms with E-state index in [-0.39, 0.29) is 30.6 Å². The van der Waals surface area contributed by atoms with Gasteiger partial charge in [-0.15, -0.1) is 0 Å². The van der Waals surface area contributed by atoms with E-state index in [1.54, 1.807) is 14.2 Å². The molecular weight excluding hydrogens is 370 g/mol. The van der Waals surface area contributed by atoms with Gasteiger partial charge in [-0.25, -0.2) is 5.43 Å². The van der Waals surface area contributed by atoms with Gasteiger partial charge in [0.05, 0.1) is 14.2 Å². The normalized spacial score (nSPS) is 20.9. The lowest BCUT2D eigenvalue weighted by Crippen LogP contribution is -2.47. The number of ether oxygens (including phenoxy) is 3. The Bertz CT molecular complexity index is 825. The summed E-state index contributed by atoms with van der Waals surface area (Å²) >= 11 is 0. The summed E-state index contributed by atoms with van der Waals surface area (Å²) in [5.41, 5.74) is 8.62. The number of methoxy groups -OCH3 is 2. The van der Waals surface area contributed by atoms with Crippen LogP contribution in [0.15, 0.2) is 42.5 Å². The monoisotopic (exact) mass is 399 g/mol. The average Bonchev–Trinajstić information content (AvgIpc) is 3.11. The molecule has 1 aliphatic rings. The molecular formula is C22H29N3O4. The molecule has 1 amide bonds. The van der Waals surface area contributed by atoms with Crippen LogP contribution in [0.1, 0.15) is 30.9 Å². The molecule has 0 radical (unpaired) electrons. The van der Waals surface area contributed by atoms with Gasteiger partial charge in [-0.1, -0.05) is 25.1 Å². The van der Waals surface area contributed by atoms with Gasteiger partial charge in [0.2, 0.25) is 0 Å². The van der Waals surface area contributed by atoms with Gasteiger partial charge in [-0.05, 0) is 48.7 Å². The first-order chi connectivity index (χ1) is 14.0. The maximum absolute atomic E-state index is 12.5. The van der Waals surface area contributed by atoms with Crippen molar-refractivity contribution in [3.63, 3.8) is 0 Å². The topological polar surface area (TPSA) is 80.9 Å². The Morgan fingerprint density at radius 1 is 1.03 bits per heavy atom. The van der Waals surface area contributed by atoms with Crippen LogP contribution < -0.4 is 30.4 Å². The van der Waals surface area contributed by atoms with Crippen LogP contribution in [0.25, 0.3) is 0 Å². The molecule has 0 aliphatic carbocycles. The largest absolute Gasteiger partial charge is 0.493 e. The summed E-state index contributed by atoms with van der Waals surface area (Å²) in [6.45, 7) is 4.12. The molecule has 0 aromatic heterocycles. The molecule has 7 heteroatoms. The third-order valence-electron chi connectivity index (χ3n) is 5.17. The fraction of sp³-hybridized carbons (Fsp3) is 0.409. The number of benzene rings is 2. The van der Waals surface area contributed by atoms with Gasteiger partial charge < -0.3 is 19.5 Å². The van der Waals surface area contributed by atoms with Crippen LogP contribution >= 0.6 is 0 Å². The maximum Gasteiger partial charge on any atom is 0.259 e. The van der Waals surface area contributed by atoms with Crippen molar-refractivity contribution in [2.75, 3.05) is 20.8 Å². The van der Waals surface area contributed by atoms with Crippen molar-refractivity contribution >= 4 is 5.91 Å². The van der Waals surface area contributed by atoms with Crippen LogP contribution in [0.2, 0.25) is 0 Å². The summed E-state index contributed by atoms with van der Waals surface area (Å²) in [7, 11) is 3.22. The van der Waals surface area contributed by atoms with Crippen molar-refractivity contribution in [3.05, 3.63) is 53.6 Å².